The lowest BCUT2D eigenvalue weighted by Crippen LogP contribution is -2.49. The van der Waals surface area contributed by atoms with E-state index in [0.717, 1.165) is 0 Å². The van der Waals surface area contributed by atoms with E-state index in [1.54, 1.807) is 18.6 Å². The van der Waals surface area contributed by atoms with E-state index in [-0.39, 0.29) is 12.5 Å². The van der Waals surface area contributed by atoms with Gasteiger partial charge in [0.2, 0.25) is 0 Å². The Hall–Kier alpha value is -0.910. The largest absolute Gasteiger partial charge is 0.396 e. The van der Waals surface area contributed by atoms with E-state index < -0.39 is 5.54 Å². The number of ether oxygens (including phenoxy) is 1. The van der Waals surface area contributed by atoms with Gasteiger partial charge in [-0.15, -0.1) is 0 Å². The molecule has 2 N–H and O–H groups in total. The number of thiophene rings is 1. The van der Waals surface area contributed by atoms with E-state index in [1.165, 1.54) is 11.3 Å². The number of nitrogens with one attached hydrogen (secondary N) is 1. The Morgan fingerprint density at radius 2 is 2.44 bits per heavy atom. The van der Waals surface area contributed by atoms with Crippen molar-refractivity contribution < 1.29 is 14.6 Å². The molecule has 0 aliphatic rings. The second-order valence-corrected chi connectivity index (χ2v) is 4.71. The molecule has 1 rings (SSSR count). The minimum atomic E-state index is -0.525. The van der Waals surface area contributed by atoms with Crippen LogP contribution in [0.25, 0.3) is 0 Å². The zero-order valence-electron chi connectivity index (χ0n) is 9.53. The van der Waals surface area contributed by atoms with Gasteiger partial charge in [-0.3, -0.25) is 4.79 Å². The number of aliphatic hydroxyl groups excluding tert-OH is 1. The molecule has 5 heteroatoms. The average molecular weight is 243 g/mol. The Kier molecular flexibility index (Phi) is 4.92. The van der Waals surface area contributed by atoms with Crippen LogP contribution >= 0.6 is 11.3 Å². The lowest BCUT2D eigenvalue weighted by Gasteiger charge is -2.29. The molecule has 0 unspecified atom stereocenters. The van der Waals surface area contributed by atoms with Gasteiger partial charge in [-0.2, -0.15) is 11.3 Å². The normalized spacial score (nSPS) is 14.4. The van der Waals surface area contributed by atoms with Crippen LogP contribution in [-0.4, -0.2) is 36.9 Å². The summed E-state index contributed by atoms with van der Waals surface area (Å²) < 4.78 is 5.05. The average Bonchev–Trinajstić information content (AvgIpc) is 2.70. The summed E-state index contributed by atoms with van der Waals surface area (Å²) in [6.45, 7) is 2.25. The second-order valence-electron chi connectivity index (χ2n) is 3.93. The molecule has 0 radical (unpaired) electrons. The fraction of sp³-hybridized carbons (Fsp3) is 0.545. The zero-order valence-corrected chi connectivity index (χ0v) is 10.3. The van der Waals surface area contributed by atoms with E-state index in [9.17, 15) is 4.79 Å². The molecule has 0 aromatic carbocycles. The molecule has 1 heterocycles. The van der Waals surface area contributed by atoms with Crippen LogP contribution in [0.4, 0.5) is 0 Å². The summed E-state index contributed by atoms with van der Waals surface area (Å²) >= 11 is 1.48. The summed E-state index contributed by atoms with van der Waals surface area (Å²) in [7, 11) is 1.58. The predicted octanol–water partition coefficient (Wildman–Crippen LogP) is 1.27. The molecular weight excluding hydrogens is 226 g/mol. The lowest BCUT2D eigenvalue weighted by atomic mass is 9.99. The van der Waals surface area contributed by atoms with E-state index in [2.05, 4.69) is 5.32 Å². The number of carbonyl (C=O) groups excluding carboxylic acids is 1. The molecular formula is C11H17NO3S. The molecule has 0 spiro atoms. The summed E-state index contributed by atoms with van der Waals surface area (Å²) in [5.41, 5.74) is 0.118. The van der Waals surface area contributed by atoms with Gasteiger partial charge >= 0.3 is 0 Å². The Balaban J connectivity index is 2.64. The van der Waals surface area contributed by atoms with Crippen LogP contribution in [0.5, 0.6) is 0 Å². The monoisotopic (exact) mass is 243 g/mol. The SMILES string of the molecule is COC[C@](C)(CCO)NC(=O)c1ccsc1. The summed E-state index contributed by atoms with van der Waals surface area (Å²) in [4.78, 5) is 11.8. The predicted molar refractivity (Wildman–Crippen MR) is 63.8 cm³/mol. The summed E-state index contributed by atoms with van der Waals surface area (Å²) in [5, 5.41) is 15.5. The highest BCUT2D eigenvalue weighted by Crippen LogP contribution is 2.13. The minimum absolute atomic E-state index is 0.0176. The van der Waals surface area contributed by atoms with Crippen molar-refractivity contribution >= 4 is 17.2 Å². The Morgan fingerprint density at radius 3 is 2.94 bits per heavy atom. The molecule has 0 aliphatic carbocycles. The van der Waals surface area contributed by atoms with Crippen LogP contribution in [0.1, 0.15) is 23.7 Å². The first-order chi connectivity index (χ1) is 7.61. The Bertz CT molecular complexity index is 318. The third-order valence-electron chi connectivity index (χ3n) is 2.33. The molecule has 0 saturated carbocycles. The molecule has 0 saturated heterocycles. The molecule has 1 atom stereocenters. The van der Waals surface area contributed by atoms with E-state index in [4.69, 9.17) is 9.84 Å². The highest BCUT2D eigenvalue weighted by atomic mass is 32.1. The summed E-state index contributed by atoms with van der Waals surface area (Å²) in [6.07, 6.45) is 0.469. The van der Waals surface area contributed by atoms with Gasteiger partial charge in [0.1, 0.15) is 0 Å². The van der Waals surface area contributed by atoms with E-state index >= 15 is 0 Å². The first-order valence-electron chi connectivity index (χ1n) is 5.06. The van der Waals surface area contributed by atoms with Gasteiger partial charge < -0.3 is 15.2 Å². The van der Waals surface area contributed by atoms with Crippen molar-refractivity contribution in [3.8, 4) is 0 Å². The van der Waals surface area contributed by atoms with Crippen molar-refractivity contribution in [2.45, 2.75) is 18.9 Å². The lowest BCUT2D eigenvalue weighted by molar-refractivity contribution is 0.0726. The fourth-order valence-corrected chi connectivity index (χ4v) is 2.11. The summed E-state index contributed by atoms with van der Waals surface area (Å²) in [6, 6.07) is 1.77. The van der Waals surface area contributed by atoms with Crippen LogP contribution in [0.2, 0.25) is 0 Å². The van der Waals surface area contributed by atoms with E-state index in [0.29, 0.717) is 18.6 Å². The molecule has 1 amide bonds. The van der Waals surface area contributed by atoms with Gasteiger partial charge in [0, 0.05) is 19.1 Å². The van der Waals surface area contributed by atoms with Crippen molar-refractivity contribution in [1.29, 1.82) is 0 Å². The van der Waals surface area contributed by atoms with Gasteiger partial charge in [-0.25, -0.2) is 0 Å². The van der Waals surface area contributed by atoms with Crippen molar-refractivity contribution in [3.05, 3.63) is 22.4 Å². The first kappa shape index (κ1) is 13.2. The molecule has 90 valence electrons. The van der Waals surface area contributed by atoms with Crippen molar-refractivity contribution in [1.82, 2.24) is 5.32 Å². The molecule has 0 aliphatic heterocycles. The number of aliphatic hydroxyl groups is 1. The maximum atomic E-state index is 11.8. The molecule has 0 fully saturated rings. The van der Waals surface area contributed by atoms with Gasteiger partial charge in [-0.05, 0) is 24.8 Å². The number of rotatable bonds is 6. The van der Waals surface area contributed by atoms with Gasteiger partial charge in [-0.1, -0.05) is 0 Å². The highest BCUT2D eigenvalue weighted by Gasteiger charge is 2.26. The fourth-order valence-electron chi connectivity index (χ4n) is 1.48. The van der Waals surface area contributed by atoms with Crippen LogP contribution in [0, 0.1) is 0 Å². The number of hydrogen-bond acceptors (Lipinski definition) is 4. The van der Waals surface area contributed by atoms with Gasteiger partial charge in [0.15, 0.2) is 0 Å². The third-order valence-corrected chi connectivity index (χ3v) is 3.01. The first-order valence-corrected chi connectivity index (χ1v) is 6.00. The van der Waals surface area contributed by atoms with Crippen LogP contribution in [0.15, 0.2) is 16.8 Å². The Labute approximate surface area is 99.2 Å². The smallest absolute Gasteiger partial charge is 0.252 e. The molecule has 1 aromatic rings. The number of hydrogen-bond donors (Lipinski definition) is 2. The van der Waals surface area contributed by atoms with Gasteiger partial charge in [0.25, 0.3) is 5.91 Å². The van der Waals surface area contributed by atoms with Gasteiger partial charge in [0.05, 0.1) is 17.7 Å². The third kappa shape index (κ3) is 3.59. The zero-order chi connectivity index (χ0) is 12.0. The topological polar surface area (TPSA) is 58.6 Å². The van der Waals surface area contributed by atoms with Crippen molar-refractivity contribution in [2.24, 2.45) is 0 Å². The number of carbonyl (C=O) groups is 1. The summed E-state index contributed by atoms with van der Waals surface area (Å²) in [5.74, 6) is -0.130. The van der Waals surface area contributed by atoms with Crippen molar-refractivity contribution in [3.63, 3.8) is 0 Å². The highest BCUT2D eigenvalue weighted by molar-refractivity contribution is 7.08. The molecule has 1 aromatic heterocycles. The minimum Gasteiger partial charge on any atom is -0.396 e. The molecule has 0 bridgehead atoms. The molecule has 4 nitrogen and oxygen atoms in total. The maximum Gasteiger partial charge on any atom is 0.252 e. The van der Waals surface area contributed by atoms with Crippen LogP contribution < -0.4 is 5.32 Å². The van der Waals surface area contributed by atoms with E-state index in [1.807, 2.05) is 12.3 Å². The van der Waals surface area contributed by atoms with Crippen LogP contribution in [-0.2, 0) is 4.74 Å². The quantitative estimate of drug-likeness (QED) is 0.791. The Morgan fingerprint density at radius 1 is 1.69 bits per heavy atom. The molecule has 16 heavy (non-hydrogen) atoms. The maximum absolute atomic E-state index is 11.8. The second kappa shape index (κ2) is 5.98. The number of amides is 1. The van der Waals surface area contributed by atoms with Crippen molar-refractivity contribution in [2.75, 3.05) is 20.3 Å². The van der Waals surface area contributed by atoms with Crippen LogP contribution in [0.3, 0.4) is 0 Å². The standard InChI is InChI=1S/C11H17NO3S/c1-11(4-5-13,8-15-2)12-10(14)9-3-6-16-7-9/h3,6-7,13H,4-5,8H2,1-2H3,(H,12,14)/t11-/m0/s1. The number of methoxy groups -OCH3 is 1.